The lowest BCUT2D eigenvalue weighted by molar-refractivity contribution is -0.882. The minimum Gasteiger partial charge on any atom is -0.493 e. The Bertz CT molecular complexity index is 1240. The summed E-state index contributed by atoms with van der Waals surface area (Å²) in [7, 11) is 8.28. The number of carbonyl (C=O) groups excluding carboxylic acids is 2. The summed E-state index contributed by atoms with van der Waals surface area (Å²) in [6.45, 7) is 16.7. The topological polar surface area (TPSA) is 76.7 Å². The molecule has 8 nitrogen and oxygen atoms in total. The highest BCUT2D eigenvalue weighted by Crippen LogP contribution is 2.35. The van der Waals surface area contributed by atoms with Crippen LogP contribution in [0, 0.1) is 0 Å². The average Bonchev–Trinajstić information content (AvgIpc) is 2.94. The number of nitrogens with zero attached hydrogens (tertiary/aromatic N) is 2. The van der Waals surface area contributed by atoms with E-state index in [-0.39, 0.29) is 11.8 Å². The molecule has 0 radical (unpaired) electrons. The molecule has 2 aromatic rings. The minimum atomic E-state index is 0.0701. The van der Waals surface area contributed by atoms with Crippen LogP contribution in [0.2, 0.25) is 0 Å². The standard InChI is InChI=1S/C36H54N4O4/c1-9-15-29-17-19-34(44-24-14-22-40(7,8)28-36(42)38-12-4)32(25-29)30-18-20-33(31(26-30)16-10-2)43-23-13-21-39(5,6)27-35(41)37-11-3/h9-10,17-20,25-26H,1-2,11-16,21-24,27-28H2,3-8H3/p+2. The Labute approximate surface area is 265 Å². The van der Waals surface area contributed by atoms with Crippen molar-refractivity contribution in [1.82, 2.24) is 10.6 Å². The number of likely N-dealkylation sites (N-methyl/N-ethyl adjacent to an activating group) is 4. The maximum atomic E-state index is 12.1. The van der Waals surface area contributed by atoms with E-state index < -0.39 is 0 Å². The molecule has 0 atom stereocenters. The Morgan fingerprint density at radius 1 is 0.750 bits per heavy atom. The quantitative estimate of drug-likeness (QED) is 0.122. The van der Waals surface area contributed by atoms with Crippen molar-refractivity contribution >= 4 is 11.8 Å². The molecule has 0 aliphatic heterocycles. The molecular formula is C36H56N4O4+2. The van der Waals surface area contributed by atoms with Gasteiger partial charge in [0.1, 0.15) is 11.5 Å². The molecule has 2 N–H and O–H groups in total. The van der Waals surface area contributed by atoms with E-state index in [0.717, 1.165) is 60.5 Å². The van der Waals surface area contributed by atoms with E-state index in [1.807, 2.05) is 38.1 Å². The third kappa shape index (κ3) is 12.9. The first kappa shape index (κ1) is 36.6. The fourth-order valence-corrected chi connectivity index (χ4v) is 5.22. The summed E-state index contributed by atoms with van der Waals surface area (Å²) >= 11 is 0. The van der Waals surface area contributed by atoms with Gasteiger partial charge in [-0.1, -0.05) is 24.3 Å². The van der Waals surface area contributed by atoms with Crippen LogP contribution in [-0.2, 0) is 22.4 Å². The van der Waals surface area contributed by atoms with E-state index in [4.69, 9.17) is 9.47 Å². The number of quaternary nitrogens is 2. The Morgan fingerprint density at radius 3 is 1.80 bits per heavy atom. The molecule has 0 aliphatic rings. The lowest BCUT2D eigenvalue weighted by Gasteiger charge is -2.29. The predicted octanol–water partition coefficient (Wildman–Crippen LogP) is 4.77. The van der Waals surface area contributed by atoms with Gasteiger partial charge in [-0.2, -0.15) is 0 Å². The third-order valence-electron chi connectivity index (χ3n) is 7.38. The van der Waals surface area contributed by atoms with Crippen molar-refractivity contribution in [3.05, 3.63) is 72.8 Å². The number of hydrogen-bond acceptors (Lipinski definition) is 4. The van der Waals surface area contributed by atoms with Crippen molar-refractivity contribution in [2.75, 3.05) is 80.7 Å². The van der Waals surface area contributed by atoms with Crippen molar-refractivity contribution in [3.8, 4) is 22.6 Å². The fraction of sp³-hybridized carbons (Fsp3) is 0.500. The van der Waals surface area contributed by atoms with Crippen LogP contribution in [0.3, 0.4) is 0 Å². The van der Waals surface area contributed by atoms with Crippen molar-refractivity contribution < 1.29 is 28.0 Å². The van der Waals surface area contributed by atoms with Crippen LogP contribution in [0.25, 0.3) is 11.1 Å². The number of benzene rings is 2. The van der Waals surface area contributed by atoms with Gasteiger partial charge in [-0.25, -0.2) is 0 Å². The summed E-state index contributed by atoms with van der Waals surface area (Å²) in [4.78, 5) is 24.1. The second kappa shape index (κ2) is 18.2. The van der Waals surface area contributed by atoms with Crippen molar-refractivity contribution in [1.29, 1.82) is 0 Å². The zero-order valence-electron chi connectivity index (χ0n) is 28.0. The Morgan fingerprint density at radius 2 is 1.27 bits per heavy atom. The van der Waals surface area contributed by atoms with Gasteiger partial charge < -0.3 is 29.1 Å². The maximum absolute atomic E-state index is 12.1. The summed E-state index contributed by atoms with van der Waals surface area (Å²) in [5.74, 6) is 1.82. The number of hydrogen-bond donors (Lipinski definition) is 2. The Hall–Kier alpha value is -3.62. The molecule has 8 heteroatoms. The van der Waals surface area contributed by atoms with Gasteiger partial charge in [0, 0.05) is 31.5 Å². The van der Waals surface area contributed by atoms with Gasteiger partial charge in [0.25, 0.3) is 11.8 Å². The Kier molecular flexibility index (Phi) is 15.2. The average molecular weight is 609 g/mol. The van der Waals surface area contributed by atoms with Crippen LogP contribution in [-0.4, -0.2) is 101 Å². The highest BCUT2D eigenvalue weighted by atomic mass is 16.5. The molecule has 44 heavy (non-hydrogen) atoms. The molecule has 0 aromatic heterocycles. The van der Waals surface area contributed by atoms with Crippen LogP contribution in [0.1, 0.15) is 37.8 Å². The fourth-order valence-electron chi connectivity index (χ4n) is 5.22. The highest BCUT2D eigenvalue weighted by Gasteiger charge is 2.21. The second-order valence-corrected chi connectivity index (χ2v) is 12.6. The number of rotatable bonds is 21. The minimum absolute atomic E-state index is 0.0701. The maximum Gasteiger partial charge on any atom is 0.275 e. The molecule has 2 aromatic carbocycles. The molecule has 2 rings (SSSR count). The summed E-state index contributed by atoms with van der Waals surface area (Å²) in [6, 6.07) is 12.6. The number of ether oxygens (including phenoxy) is 2. The normalized spacial score (nSPS) is 11.5. The summed E-state index contributed by atoms with van der Waals surface area (Å²) in [6.07, 6.45) is 6.92. The number of allylic oxidation sites excluding steroid dienone is 2. The van der Waals surface area contributed by atoms with Crippen LogP contribution >= 0.6 is 0 Å². The lowest BCUT2D eigenvalue weighted by Crippen LogP contribution is -2.48. The molecule has 0 heterocycles. The largest absolute Gasteiger partial charge is 0.493 e. The molecule has 242 valence electrons. The molecule has 0 aliphatic carbocycles. The third-order valence-corrected chi connectivity index (χ3v) is 7.38. The summed E-state index contributed by atoms with van der Waals surface area (Å²) < 4.78 is 13.8. The molecule has 0 fully saturated rings. The van der Waals surface area contributed by atoms with E-state index in [1.165, 1.54) is 5.56 Å². The van der Waals surface area contributed by atoms with Gasteiger partial charge in [0.2, 0.25) is 0 Å². The van der Waals surface area contributed by atoms with Crippen LogP contribution in [0.15, 0.2) is 61.7 Å². The first-order valence-electron chi connectivity index (χ1n) is 15.8. The van der Waals surface area contributed by atoms with Gasteiger partial charge in [-0.05, 0) is 67.6 Å². The van der Waals surface area contributed by atoms with Gasteiger partial charge in [0.05, 0.1) is 54.5 Å². The van der Waals surface area contributed by atoms with Crippen molar-refractivity contribution in [2.45, 2.75) is 39.5 Å². The van der Waals surface area contributed by atoms with Crippen LogP contribution in [0.5, 0.6) is 11.5 Å². The van der Waals surface area contributed by atoms with Crippen LogP contribution < -0.4 is 20.1 Å². The highest BCUT2D eigenvalue weighted by molar-refractivity contribution is 5.77. The van der Waals surface area contributed by atoms with Crippen molar-refractivity contribution in [2.24, 2.45) is 0 Å². The zero-order chi connectivity index (χ0) is 32.6. The van der Waals surface area contributed by atoms with E-state index >= 15 is 0 Å². The number of carbonyl (C=O) groups is 2. The number of amides is 2. The first-order valence-corrected chi connectivity index (χ1v) is 15.8. The molecule has 0 saturated heterocycles. The predicted molar refractivity (Wildman–Crippen MR) is 181 cm³/mol. The van der Waals surface area contributed by atoms with E-state index in [1.54, 1.807) is 0 Å². The van der Waals surface area contributed by atoms with E-state index in [0.29, 0.717) is 54.8 Å². The van der Waals surface area contributed by atoms with E-state index in [9.17, 15) is 9.59 Å². The molecule has 0 saturated carbocycles. The van der Waals surface area contributed by atoms with E-state index in [2.05, 4.69) is 76.2 Å². The molecule has 0 bridgehead atoms. The van der Waals surface area contributed by atoms with Gasteiger partial charge in [-0.15, -0.1) is 13.2 Å². The molecular weight excluding hydrogens is 552 g/mol. The monoisotopic (exact) mass is 608 g/mol. The summed E-state index contributed by atoms with van der Waals surface area (Å²) in [5.41, 5.74) is 4.32. The van der Waals surface area contributed by atoms with Gasteiger partial charge in [-0.3, -0.25) is 9.59 Å². The van der Waals surface area contributed by atoms with Crippen molar-refractivity contribution in [3.63, 3.8) is 0 Å². The SMILES string of the molecule is C=CCc1ccc(OCCC[N+](C)(C)CC(=O)NCC)c(-c2ccc(OCCC[N+](C)(C)CC(=O)NCC)c(CC=C)c2)c1. The zero-order valence-corrected chi connectivity index (χ0v) is 28.0. The molecule has 0 unspecified atom stereocenters. The second-order valence-electron chi connectivity index (χ2n) is 12.6. The van der Waals surface area contributed by atoms with Gasteiger partial charge in [0.15, 0.2) is 13.1 Å². The summed E-state index contributed by atoms with van der Waals surface area (Å²) in [5, 5.41) is 5.76. The number of nitrogens with one attached hydrogen (secondary N) is 2. The first-order chi connectivity index (χ1) is 20.9. The molecule has 2 amide bonds. The van der Waals surface area contributed by atoms with Gasteiger partial charge >= 0.3 is 0 Å². The smallest absolute Gasteiger partial charge is 0.275 e. The molecule has 0 spiro atoms. The lowest BCUT2D eigenvalue weighted by atomic mass is 9.97. The Balaban J connectivity index is 2.14. The van der Waals surface area contributed by atoms with Crippen LogP contribution in [0.4, 0.5) is 0 Å².